The number of hydrogen-bond acceptors (Lipinski definition) is 25. The van der Waals surface area contributed by atoms with Gasteiger partial charge in [0.2, 0.25) is 0 Å². The second-order valence-electron chi connectivity index (χ2n) is 19.0. The van der Waals surface area contributed by atoms with E-state index >= 15 is 4.39 Å². The number of carbonyl (C=O) groups excluding carboxylic acids is 6. The number of esters is 2. The first-order valence-corrected chi connectivity index (χ1v) is 30.3. The average molecular weight is 1460 g/mol. The summed E-state index contributed by atoms with van der Waals surface area (Å²) in [5.74, 6) is -0.836. The van der Waals surface area contributed by atoms with Crippen LogP contribution >= 0.6 is 25.9 Å². The summed E-state index contributed by atoms with van der Waals surface area (Å²) in [6.07, 6.45) is -5.74. The maximum absolute atomic E-state index is 15.4. The fourth-order valence-electron chi connectivity index (χ4n) is 7.70. The van der Waals surface area contributed by atoms with Gasteiger partial charge in [-0.25, -0.2) is 32.6 Å². The van der Waals surface area contributed by atoms with Crippen molar-refractivity contribution in [2.24, 2.45) is 0 Å². The van der Waals surface area contributed by atoms with Crippen LogP contribution in [0, 0.1) is 13.4 Å². The van der Waals surface area contributed by atoms with E-state index in [4.69, 9.17) is 70.0 Å². The molecule has 1 radical (unpaired) electrons. The molecule has 93 heavy (non-hydrogen) atoms. The van der Waals surface area contributed by atoms with E-state index in [0.717, 1.165) is 36.6 Å². The van der Waals surface area contributed by atoms with Gasteiger partial charge in [0.05, 0.1) is 27.4 Å². The molecule has 9 N–H and O–H groups in total. The Morgan fingerprint density at radius 2 is 1.03 bits per heavy atom. The number of hydrogen-bond donors (Lipinski definition) is 7. The molecule has 2 aromatic heterocycles. The molecule has 12 atom stereocenters. The van der Waals surface area contributed by atoms with Gasteiger partial charge in [0.15, 0.2) is 37.2 Å². The Balaban J connectivity index is -0.00000116. The molecule has 0 aliphatic carbocycles. The summed E-state index contributed by atoms with van der Waals surface area (Å²) in [7, 11) is -1.86. The molecule has 2 aliphatic heterocycles. The standard InChI is InChI=1S/C20H26FN4O8P.C10H13ClNO4P.C10H14FN3O4.C8H19N.2CF3.2CO2.Cu/c1-12(17(27)30-3)24-34(29,33-13-7-5-4-6-8-13)31-11-14-16(26)20(2,21)18(32-14)25-10-9-15(22)23-19(25)28;1-8(10(13)15-2)12-17(11,14)16-9-6-4-3-5-7-9;1-10(11)7(16)5(4-15)18-8(10)14-3-2-6(12)13-9(14)17;1-6-9(7(2)3)8(4)5;2*2-1(3)4;2*2-1-3;/h4-10,12,14,16,18,26H,11H2,1-3H3,(H,24,29)(H2,22,23,28);3-8H,1-2H3,(H,12,14);2-3,5,7-8,15-16H,4H2,1H3,(H2,12,13,17);7-8H,6H2,1-5H3;;;;;/q;;;;2*-1;;;+2/t12?,14?,16-,18?,20-,34?;;5-,7-,8?,10-;;;;;;/m1.1....../s1. The molecule has 0 spiro atoms. The molecule has 0 amide bonds. The largest absolute Gasteiger partial charge is 2.00 e. The van der Waals surface area contributed by atoms with Gasteiger partial charge < -0.3 is 81.1 Å². The van der Waals surface area contributed by atoms with Crippen LogP contribution < -0.4 is 42.1 Å². The first-order valence-electron chi connectivity index (χ1n) is 26.2. The zero-order valence-corrected chi connectivity index (χ0v) is 54.7. The summed E-state index contributed by atoms with van der Waals surface area (Å²) in [5.41, 5.74) is 4.48. The second kappa shape index (κ2) is 44.9. The van der Waals surface area contributed by atoms with Crippen LogP contribution in [0.1, 0.15) is 74.8 Å². The van der Waals surface area contributed by atoms with Gasteiger partial charge in [0.25, 0.3) is 0 Å². The van der Waals surface area contributed by atoms with Crippen LogP contribution in [0.15, 0.2) is 94.8 Å². The van der Waals surface area contributed by atoms with Crippen LogP contribution in [-0.4, -0.2) is 157 Å². The van der Waals surface area contributed by atoms with Crippen molar-refractivity contribution in [2.75, 3.05) is 45.4 Å². The summed E-state index contributed by atoms with van der Waals surface area (Å²) in [4.78, 5) is 88.6. The summed E-state index contributed by atoms with van der Waals surface area (Å²) in [5, 5.41) is 34.0. The van der Waals surface area contributed by atoms with E-state index in [9.17, 15) is 69.3 Å². The minimum Gasteiger partial charge on any atom is -0.468 e. The number of nitrogen functional groups attached to an aromatic ring is 2. The Labute approximate surface area is 543 Å². The molecule has 4 aromatic rings. The number of aromatic nitrogens is 4. The first kappa shape index (κ1) is 90.6. The van der Waals surface area contributed by atoms with Crippen molar-refractivity contribution in [1.82, 2.24) is 34.2 Å². The Morgan fingerprint density at radius 3 is 1.33 bits per heavy atom. The van der Waals surface area contributed by atoms with Gasteiger partial charge in [0, 0.05) is 35.7 Å². The van der Waals surface area contributed by atoms with Crippen molar-refractivity contribution in [1.29, 1.82) is 0 Å². The minimum absolute atomic E-state index is 0. The number of para-hydroxylation sites is 2. The number of halogens is 9. The Kier molecular flexibility index (Phi) is 43.8. The predicted molar refractivity (Wildman–Crippen MR) is 308 cm³/mol. The van der Waals surface area contributed by atoms with Crippen molar-refractivity contribution < 1.29 is 138 Å². The van der Waals surface area contributed by atoms with Crippen molar-refractivity contribution in [3.8, 4) is 11.5 Å². The van der Waals surface area contributed by atoms with Gasteiger partial charge in [-0.05, 0) is 98.3 Å². The third kappa shape index (κ3) is 33.4. The van der Waals surface area contributed by atoms with Gasteiger partial charge >= 0.3 is 67.3 Å². The van der Waals surface area contributed by atoms with Gasteiger partial charge in [-0.3, -0.25) is 28.1 Å². The fraction of sp³-hybridized carbons (Fsp3) is 0.500. The number of alkyl halides is 2. The molecule has 4 heterocycles. The summed E-state index contributed by atoms with van der Waals surface area (Å²) in [6, 6.07) is 18.5. The Bertz CT molecular complexity index is 3070. The number of anilines is 2. The molecule has 2 saturated heterocycles. The van der Waals surface area contributed by atoms with Crippen LogP contribution in [0.3, 0.4) is 0 Å². The van der Waals surface area contributed by atoms with Crippen LogP contribution in [0.4, 0.5) is 46.8 Å². The SMILES string of the molecule is CCN(C(C)C)C(C)C.COC(=O)C(C)NP(=O)(Cl)Oc1ccccc1.COC(=O)C(C)NP(=O)(OCC1OC(n2ccc(N)nc2=O)[C@](C)(F)[C@@H]1O)Oc1ccccc1.C[C@]1(F)C(n2ccc(N)nc2=O)O[C@H](CO)[C@H]1O.F[C-](F)F.F[C-](F)F.O=C=O.O=C=O.[Cu+2]. The monoisotopic (exact) mass is 1450 g/mol. The number of benzene rings is 2. The second-order valence-corrected chi connectivity index (χ2v) is 23.4. The molecule has 41 heteroatoms. The molecule has 2 aromatic carbocycles. The third-order valence-corrected chi connectivity index (χ3v) is 15.0. The summed E-state index contributed by atoms with van der Waals surface area (Å²) >= 11 is 5.68. The number of aliphatic hydroxyl groups excluding tert-OH is 3. The van der Waals surface area contributed by atoms with E-state index in [1.165, 1.54) is 57.6 Å². The van der Waals surface area contributed by atoms with Crippen LogP contribution in [-0.2, 0) is 78.4 Å². The van der Waals surface area contributed by atoms with Crippen LogP contribution in [0.2, 0.25) is 0 Å². The van der Waals surface area contributed by atoms with E-state index in [1.807, 2.05) is 0 Å². The van der Waals surface area contributed by atoms with E-state index in [-0.39, 0.29) is 46.8 Å². The van der Waals surface area contributed by atoms with E-state index in [2.05, 4.69) is 69.1 Å². The summed E-state index contributed by atoms with van der Waals surface area (Å²) < 4.78 is 150. The smallest absolute Gasteiger partial charge is 0.468 e. The van der Waals surface area contributed by atoms with Crippen molar-refractivity contribution in [2.45, 2.75) is 135 Å². The number of nitrogens with two attached hydrogens (primary N) is 2. The number of aliphatic hydroxyl groups is 3. The molecular formula is C52H72ClCuF8N9O20P2. The van der Waals surface area contributed by atoms with Gasteiger partial charge in [-0.1, -0.05) is 43.3 Å². The number of methoxy groups -OCH3 is 2. The fourth-order valence-corrected chi connectivity index (χ4v) is 10.9. The number of carbonyl (C=O) groups is 2. The molecule has 7 unspecified atom stereocenters. The van der Waals surface area contributed by atoms with E-state index in [1.54, 1.807) is 48.5 Å². The average Bonchev–Trinajstić information content (AvgIpc) is 1.64. The molecule has 0 saturated carbocycles. The zero-order valence-electron chi connectivity index (χ0n) is 51.2. The first-order chi connectivity index (χ1) is 42.7. The van der Waals surface area contributed by atoms with Gasteiger partial charge in [0.1, 0.15) is 59.6 Å². The van der Waals surface area contributed by atoms with E-state index in [0.29, 0.717) is 17.8 Å². The van der Waals surface area contributed by atoms with Gasteiger partial charge in [-0.15, -0.1) is 0 Å². The molecular weight excluding hydrogens is 1380 g/mol. The molecule has 29 nitrogen and oxygen atoms in total. The maximum atomic E-state index is 15.4. The van der Waals surface area contributed by atoms with Crippen molar-refractivity contribution >= 4 is 61.7 Å². The third-order valence-electron chi connectivity index (χ3n) is 11.7. The van der Waals surface area contributed by atoms with E-state index < -0.39 is 125 Å². The predicted octanol–water partition coefficient (Wildman–Crippen LogP) is 6.17. The minimum atomic E-state index is -4.25. The van der Waals surface area contributed by atoms with Crippen molar-refractivity contribution in [3.63, 3.8) is 0 Å². The number of ether oxygens (including phenoxy) is 4. The Morgan fingerprint density at radius 1 is 0.699 bits per heavy atom. The zero-order chi connectivity index (χ0) is 71.5. The quantitative estimate of drug-likeness (QED) is 0.0181. The maximum Gasteiger partial charge on any atom is 2.00 e. The van der Waals surface area contributed by atoms with Gasteiger partial charge in [-0.2, -0.15) is 34.2 Å². The topological polar surface area (TPSA) is 411 Å². The summed E-state index contributed by atoms with van der Waals surface area (Å²) in [6.45, 7) is 6.39. The Hall–Kier alpha value is -6.55. The number of nitrogens with one attached hydrogen (secondary N) is 2. The molecule has 2 fully saturated rings. The van der Waals surface area contributed by atoms with Crippen LogP contribution in [0.25, 0.3) is 0 Å². The molecule has 0 bridgehead atoms. The normalized spacial score (nSPS) is 21.8. The number of rotatable bonds is 19. The molecule has 529 valence electrons. The van der Waals surface area contributed by atoms with Crippen molar-refractivity contribution in [3.05, 3.63) is 120 Å². The number of nitrogens with zero attached hydrogens (tertiary/aromatic N) is 5. The molecule has 2 aliphatic rings. The molecule has 6 rings (SSSR count). The van der Waals surface area contributed by atoms with Crippen LogP contribution in [0.5, 0.6) is 11.5 Å².